The molecular formula is C23H21F2N5O3. The Morgan fingerprint density at radius 3 is 2.58 bits per heavy atom. The van der Waals surface area contributed by atoms with E-state index in [-0.39, 0.29) is 24.9 Å². The summed E-state index contributed by atoms with van der Waals surface area (Å²) >= 11 is 0. The predicted molar refractivity (Wildman–Crippen MR) is 116 cm³/mol. The van der Waals surface area contributed by atoms with Crippen molar-refractivity contribution >= 4 is 11.6 Å². The number of hydrogen-bond acceptors (Lipinski definition) is 5. The minimum absolute atomic E-state index is 0.117. The predicted octanol–water partition coefficient (Wildman–Crippen LogP) is 4.25. The highest BCUT2D eigenvalue weighted by Gasteiger charge is 2.12. The molecule has 8 nitrogen and oxygen atoms in total. The summed E-state index contributed by atoms with van der Waals surface area (Å²) in [5.41, 5.74) is 1.84. The Balaban J connectivity index is 1.28. The van der Waals surface area contributed by atoms with Crippen LogP contribution in [-0.2, 0) is 19.9 Å². The molecule has 0 bridgehead atoms. The van der Waals surface area contributed by atoms with Crippen molar-refractivity contribution in [2.24, 2.45) is 0 Å². The number of halogens is 2. The van der Waals surface area contributed by atoms with Gasteiger partial charge in [-0.3, -0.25) is 4.79 Å². The number of aromatic nitrogens is 4. The average Bonchev–Trinajstić information content (AvgIpc) is 3.47. The van der Waals surface area contributed by atoms with Crippen LogP contribution in [0.25, 0.3) is 0 Å². The lowest BCUT2D eigenvalue weighted by molar-refractivity contribution is 0.102. The molecule has 4 rings (SSSR count). The lowest BCUT2D eigenvalue weighted by Gasteiger charge is -2.07. The third-order valence-corrected chi connectivity index (χ3v) is 4.71. The maximum atomic E-state index is 13.6. The van der Waals surface area contributed by atoms with Gasteiger partial charge >= 0.3 is 0 Å². The minimum Gasteiger partial charge on any atom is -0.471 e. The summed E-state index contributed by atoms with van der Waals surface area (Å²) in [5.74, 6) is -1.36. The van der Waals surface area contributed by atoms with E-state index in [1.54, 1.807) is 10.9 Å². The van der Waals surface area contributed by atoms with Crippen LogP contribution in [0, 0.1) is 11.6 Å². The van der Waals surface area contributed by atoms with Gasteiger partial charge in [0, 0.05) is 12.3 Å². The molecular weight excluding hydrogens is 432 g/mol. The van der Waals surface area contributed by atoms with Crippen LogP contribution in [0.1, 0.15) is 23.0 Å². The third kappa shape index (κ3) is 5.73. The number of carbonyl (C=O) groups excluding carboxylic acids is 1. The van der Waals surface area contributed by atoms with Crippen LogP contribution < -0.4 is 14.8 Å². The van der Waals surface area contributed by atoms with Gasteiger partial charge in [-0.25, -0.2) is 18.1 Å². The second-order valence-corrected chi connectivity index (χ2v) is 7.08. The van der Waals surface area contributed by atoms with Crippen LogP contribution in [0.3, 0.4) is 0 Å². The molecule has 4 aromatic rings. The Labute approximate surface area is 188 Å². The van der Waals surface area contributed by atoms with E-state index >= 15 is 0 Å². The van der Waals surface area contributed by atoms with E-state index in [4.69, 9.17) is 9.47 Å². The first kappa shape index (κ1) is 22.0. The second kappa shape index (κ2) is 9.94. The van der Waals surface area contributed by atoms with E-state index in [9.17, 15) is 13.6 Å². The fourth-order valence-electron chi connectivity index (χ4n) is 2.94. The van der Waals surface area contributed by atoms with Crippen LogP contribution in [-0.4, -0.2) is 25.5 Å². The molecule has 0 spiro atoms. The average molecular weight is 453 g/mol. The molecule has 0 atom stereocenters. The molecule has 0 radical (unpaired) electrons. The summed E-state index contributed by atoms with van der Waals surface area (Å²) in [7, 11) is 0. The second-order valence-electron chi connectivity index (χ2n) is 7.08. The molecule has 0 aliphatic rings. The van der Waals surface area contributed by atoms with Crippen molar-refractivity contribution in [1.29, 1.82) is 0 Å². The van der Waals surface area contributed by atoms with E-state index in [2.05, 4.69) is 22.4 Å². The van der Waals surface area contributed by atoms with Gasteiger partial charge in [-0.2, -0.15) is 10.2 Å². The van der Waals surface area contributed by atoms with Crippen LogP contribution in [0.5, 0.6) is 11.5 Å². The molecule has 0 aliphatic carbocycles. The molecule has 10 heteroatoms. The number of rotatable bonds is 9. The fourth-order valence-corrected chi connectivity index (χ4v) is 2.94. The summed E-state index contributed by atoms with van der Waals surface area (Å²) in [6.07, 6.45) is 5.60. The molecule has 33 heavy (non-hydrogen) atoms. The Morgan fingerprint density at radius 2 is 1.82 bits per heavy atom. The Kier molecular flexibility index (Phi) is 6.63. The fraction of sp³-hybridized carbons (Fsp3) is 0.174. The van der Waals surface area contributed by atoms with Gasteiger partial charge in [0.15, 0.2) is 30.7 Å². The molecule has 0 unspecified atom stereocenters. The number of aryl methyl sites for hydroxylation is 1. The van der Waals surface area contributed by atoms with Crippen molar-refractivity contribution < 1.29 is 23.0 Å². The largest absolute Gasteiger partial charge is 0.471 e. The molecule has 0 saturated carbocycles. The van der Waals surface area contributed by atoms with Gasteiger partial charge in [-0.15, -0.1) is 0 Å². The molecule has 2 aromatic heterocycles. The molecule has 1 amide bonds. The Morgan fingerprint density at radius 1 is 1.03 bits per heavy atom. The number of ether oxygens (including phenoxy) is 2. The lowest BCUT2D eigenvalue weighted by Crippen LogP contribution is -2.14. The van der Waals surface area contributed by atoms with Gasteiger partial charge in [-0.05, 0) is 42.3 Å². The van der Waals surface area contributed by atoms with Crippen molar-refractivity contribution in [3.63, 3.8) is 0 Å². The number of nitrogens with zero attached hydrogens (tertiary/aromatic N) is 4. The third-order valence-electron chi connectivity index (χ3n) is 4.71. The zero-order chi connectivity index (χ0) is 23.2. The van der Waals surface area contributed by atoms with Gasteiger partial charge < -0.3 is 14.8 Å². The summed E-state index contributed by atoms with van der Waals surface area (Å²) in [6.45, 7) is 2.13. The number of hydrogen-bond donors (Lipinski definition) is 1. The molecule has 2 heterocycles. The van der Waals surface area contributed by atoms with E-state index in [0.717, 1.165) is 24.3 Å². The first-order valence-corrected chi connectivity index (χ1v) is 10.2. The van der Waals surface area contributed by atoms with Gasteiger partial charge in [-0.1, -0.05) is 19.1 Å². The van der Waals surface area contributed by atoms with Crippen molar-refractivity contribution in [3.05, 3.63) is 90.0 Å². The Bertz CT molecular complexity index is 1240. The smallest absolute Gasteiger partial charge is 0.276 e. The van der Waals surface area contributed by atoms with Crippen LogP contribution in [0.15, 0.2) is 67.1 Å². The summed E-state index contributed by atoms with van der Waals surface area (Å²) in [4.78, 5) is 12.4. The zero-order valence-electron chi connectivity index (χ0n) is 17.7. The monoisotopic (exact) mass is 453 g/mol. The highest BCUT2D eigenvalue weighted by atomic mass is 19.1. The number of benzene rings is 2. The highest BCUT2D eigenvalue weighted by molar-refractivity contribution is 6.02. The van der Waals surface area contributed by atoms with Crippen LogP contribution in [0.2, 0.25) is 0 Å². The first-order chi connectivity index (χ1) is 16.0. The van der Waals surface area contributed by atoms with E-state index < -0.39 is 17.5 Å². The Hall–Kier alpha value is -4.21. The molecule has 170 valence electrons. The molecule has 0 saturated heterocycles. The van der Waals surface area contributed by atoms with Gasteiger partial charge in [0.2, 0.25) is 0 Å². The van der Waals surface area contributed by atoms with Crippen molar-refractivity contribution in [2.75, 3.05) is 5.32 Å². The standard InChI is InChI=1S/C23H21F2N5O3/c1-2-16-3-6-19(7-4-16)32-15-30-13-18(12-26-30)27-23(31)21-9-10-29(28-21)14-33-22-8-5-17(24)11-20(22)25/h3-13H,2,14-15H2,1H3,(H,27,31). The van der Waals surface area contributed by atoms with Crippen LogP contribution in [0.4, 0.5) is 14.5 Å². The van der Waals surface area contributed by atoms with Crippen LogP contribution >= 0.6 is 0 Å². The van der Waals surface area contributed by atoms with Gasteiger partial charge in [0.1, 0.15) is 11.6 Å². The molecule has 1 N–H and O–H groups in total. The number of nitrogens with one attached hydrogen (secondary N) is 1. The number of carbonyl (C=O) groups is 1. The quantitative estimate of drug-likeness (QED) is 0.410. The zero-order valence-corrected chi connectivity index (χ0v) is 17.7. The first-order valence-electron chi connectivity index (χ1n) is 10.2. The van der Waals surface area contributed by atoms with Gasteiger partial charge in [0.05, 0.1) is 18.1 Å². The minimum atomic E-state index is -0.820. The summed E-state index contributed by atoms with van der Waals surface area (Å²) < 4.78 is 40.4. The van der Waals surface area contributed by atoms with Crippen molar-refractivity contribution in [1.82, 2.24) is 19.6 Å². The maximum absolute atomic E-state index is 13.6. The van der Waals surface area contributed by atoms with Gasteiger partial charge in [0.25, 0.3) is 5.91 Å². The normalized spacial score (nSPS) is 10.8. The van der Waals surface area contributed by atoms with E-state index in [1.807, 2.05) is 24.3 Å². The topological polar surface area (TPSA) is 83.2 Å². The van der Waals surface area contributed by atoms with Crippen molar-refractivity contribution in [3.8, 4) is 11.5 Å². The lowest BCUT2D eigenvalue weighted by atomic mass is 10.2. The number of amides is 1. The summed E-state index contributed by atoms with van der Waals surface area (Å²) in [5, 5.41) is 11.0. The van der Waals surface area contributed by atoms with E-state index in [0.29, 0.717) is 5.69 Å². The van der Waals surface area contributed by atoms with Crippen molar-refractivity contribution in [2.45, 2.75) is 26.8 Å². The number of anilines is 1. The SMILES string of the molecule is CCc1ccc(OCn2cc(NC(=O)c3ccn(COc4ccc(F)cc4F)n3)cn2)cc1. The molecule has 0 fully saturated rings. The maximum Gasteiger partial charge on any atom is 0.276 e. The highest BCUT2D eigenvalue weighted by Crippen LogP contribution is 2.18. The molecule has 0 aliphatic heterocycles. The van der Waals surface area contributed by atoms with E-state index in [1.165, 1.54) is 34.8 Å². The summed E-state index contributed by atoms with van der Waals surface area (Å²) in [6, 6.07) is 12.3. The molecule has 2 aromatic carbocycles.